The Bertz CT molecular complexity index is 460. The first kappa shape index (κ1) is 17.6. The third kappa shape index (κ3) is 6.71. The van der Waals surface area contributed by atoms with Crippen LogP contribution in [0.1, 0.15) is 46.1 Å². The maximum absolute atomic E-state index is 13.7. The molecule has 118 valence electrons. The summed E-state index contributed by atoms with van der Waals surface area (Å²) in [7, 11) is 0. The molecule has 0 aliphatic carbocycles. The van der Waals surface area contributed by atoms with Gasteiger partial charge in [0.2, 0.25) is 0 Å². The van der Waals surface area contributed by atoms with Gasteiger partial charge in [0.1, 0.15) is 23.5 Å². The molecule has 1 aromatic rings. The summed E-state index contributed by atoms with van der Waals surface area (Å²) in [6.45, 7) is 8.68. The zero-order valence-electron chi connectivity index (χ0n) is 13.4. The summed E-state index contributed by atoms with van der Waals surface area (Å²) >= 11 is 0. The second kappa shape index (κ2) is 8.78. The van der Waals surface area contributed by atoms with Crippen LogP contribution in [0.2, 0.25) is 0 Å². The van der Waals surface area contributed by atoms with Crippen LogP contribution < -0.4 is 10.1 Å². The first-order chi connectivity index (χ1) is 9.92. The SMILES string of the molecule is CCC(=O)CCc1cc(OC(C)CNC(C)C)ccc1F. The molecular weight excluding hydrogens is 269 g/mol. The fraction of sp³-hybridized carbons (Fsp3) is 0.588. The van der Waals surface area contributed by atoms with Crippen LogP contribution in [0.4, 0.5) is 4.39 Å². The van der Waals surface area contributed by atoms with Gasteiger partial charge in [-0.25, -0.2) is 4.39 Å². The zero-order valence-corrected chi connectivity index (χ0v) is 13.4. The van der Waals surface area contributed by atoms with Gasteiger partial charge >= 0.3 is 0 Å². The number of rotatable bonds is 9. The molecule has 21 heavy (non-hydrogen) atoms. The summed E-state index contributed by atoms with van der Waals surface area (Å²) in [6, 6.07) is 5.14. The highest BCUT2D eigenvalue weighted by Crippen LogP contribution is 2.19. The van der Waals surface area contributed by atoms with Gasteiger partial charge in [-0.15, -0.1) is 0 Å². The number of carbonyl (C=O) groups is 1. The van der Waals surface area contributed by atoms with Crippen molar-refractivity contribution >= 4 is 5.78 Å². The van der Waals surface area contributed by atoms with Gasteiger partial charge in [-0.05, 0) is 37.1 Å². The number of Topliss-reactive ketones (excluding diaryl/α,β-unsaturated/α-hetero) is 1. The first-order valence-electron chi connectivity index (χ1n) is 7.62. The Morgan fingerprint density at radius 1 is 1.33 bits per heavy atom. The largest absolute Gasteiger partial charge is 0.489 e. The minimum absolute atomic E-state index is 0.00276. The van der Waals surface area contributed by atoms with Crippen LogP contribution in [-0.4, -0.2) is 24.5 Å². The van der Waals surface area contributed by atoms with Crippen LogP contribution in [0.15, 0.2) is 18.2 Å². The Morgan fingerprint density at radius 2 is 2.05 bits per heavy atom. The Balaban J connectivity index is 2.61. The zero-order chi connectivity index (χ0) is 15.8. The molecule has 0 bridgehead atoms. The summed E-state index contributed by atoms with van der Waals surface area (Å²) in [5.41, 5.74) is 0.540. The second-order valence-electron chi connectivity index (χ2n) is 5.64. The van der Waals surface area contributed by atoms with Crippen molar-refractivity contribution in [2.45, 2.75) is 59.1 Å². The average Bonchev–Trinajstić information content (AvgIpc) is 2.45. The fourth-order valence-electron chi connectivity index (χ4n) is 1.94. The van der Waals surface area contributed by atoms with E-state index in [1.165, 1.54) is 6.07 Å². The van der Waals surface area contributed by atoms with Gasteiger partial charge in [0.25, 0.3) is 0 Å². The van der Waals surface area contributed by atoms with Gasteiger partial charge < -0.3 is 10.1 Å². The molecule has 1 aromatic carbocycles. The van der Waals surface area contributed by atoms with Crippen molar-refractivity contribution < 1.29 is 13.9 Å². The van der Waals surface area contributed by atoms with Crippen molar-refractivity contribution in [2.24, 2.45) is 0 Å². The van der Waals surface area contributed by atoms with E-state index in [-0.39, 0.29) is 17.7 Å². The summed E-state index contributed by atoms with van der Waals surface area (Å²) in [6.07, 6.45) is 1.30. The van der Waals surface area contributed by atoms with Crippen LogP contribution in [0.3, 0.4) is 0 Å². The van der Waals surface area contributed by atoms with Crippen LogP contribution in [0, 0.1) is 5.82 Å². The topological polar surface area (TPSA) is 38.3 Å². The van der Waals surface area contributed by atoms with Crippen molar-refractivity contribution in [2.75, 3.05) is 6.54 Å². The summed E-state index contributed by atoms with van der Waals surface area (Å²) < 4.78 is 19.5. The summed E-state index contributed by atoms with van der Waals surface area (Å²) in [4.78, 5) is 11.3. The van der Waals surface area contributed by atoms with Crippen LogP contribution in [0.5, 0.6) is 5.75 Å². The molecule has 0 radical (unpaired) electrons. The van der Waals surface area contributed by atoms with Crippen molar-refractivity contribution in [1.29, 1.82) is 0 Å². The highest BCUT2D eigenvalue weighted by atomic mass is 19.1. The van der Waals surface area contributed by atoms with E-state index in [0.717, 1.165) is 6.54 Å². The Labute approximate surface area is 126 Å². The number of benzene rings is 1. The quantitative estimate of drug-likeness (QED) is 0.757. The van der Waals surface area contributed by atoms with Gasteiger partial charge in [-0.3, -0.25) is 4.79 Å². The number of halogens is 1. The van der Waals surface area contributed by atoms with E-state index in [9.17, 15) is 9.18 Å². The Hall–Kier alpha value is -1.42. The number of ether oxygens (including phenoxy) is 1. The van der Waals surface area contributed by atoms with Crippen molar-refractivity contribution in [1.82, 2.24) is 5.32 Å². The first-order valence-corrected chi connectivity index (χ1v) is 7.62. The van der Waals surface area contributed by atoms with Gasteiger partial charge in [0, 0.05) is 25.4 Å². The third-order valence-electron chi connectivity index (χ3n) is 3.24. The predicted octanol–water partition coefficient (Wildman–Crippen LogP) is 3.50. The maximum Gasteiger partial charge on any atom is 0.132 e. The van der Waals surface area contributed by atoms with E-state index in [0.29, 0.717) is 36.6 Å². The molecule has 0 amide bonds. The normalized spacial score (nSPS) is 12.5. The van der Waals surface area contributed by atoms with Gasteiger partial charge in [-0.1, -0.05) is 20.8 Å². The van der Waals surface area contributed by atoms with E-state index < -0.39 is 0 Å². The minimum Gasteiger partial charge on any atom is -0.489 e. The smallest absolute Gasteiger partial charge is 0.132 e. The van der Waals surface area contributed by atoms with E-state index in [1.54, 1.807) is 12.1 Å². The number of ketones is 1. The predicted molar refractivity (Wildman–Crippen MR) is 83.2 cm³/mol. The number of carbonyl (C=O) groups excluding carboxylic acids is 1. The molecular formula is C17H26FNO2. The molecule has 3 nitrogen and oxygen atoms in total. The molecule has 0 aliphatic rings. The van der Waals surface area contributed by atoms with Gasteiger partial charge in [-0.2, -0.15) is 0 Å². The molecule has 0 heterocycles. The highest BCUT2D eigenvalue weighted by molar-refractivity contribution is 5.78. The Kier molecular flexibility index (Phi) is 7.37. The summed E-state index contributed by atoms with van der Waals surface area (Å²) in [5, 5.41) is 3.30. The molecule has 1 rings (SSSR count). The number of aryl methyl sites for hydroxylation is 1. The van der Waals surface area contributed by atoms with E-state index in [4.69, 9.17) is 4.74 Å². The molecule has 0 aromatic heterocycles. The lowest BCUT2D eigenvalue weighted by atomic mass is 10.1. The molecule has 0 aliphatic heterocycles. The third-order valence-corrected chi connectivity index (χ3v) is 3.24. The lowest BCUT2D eigenvalue weighted by molar-refractivity contribution is -0.118. The molecule has 1 atom stereocenters. The van der Waals surface area contributed by atoms with Crippen molar-refractivity contribution in [3.63, 3.8) is 0 Å². The molecule has 0 spiro atoms. The molecule has 1 N–H and O–H groups in total. The molecule has 4 heteroatoms. The molecule has 0 fully saturated rings. The monoisotopic (exact) mass is 295 g/mol. The second-order valence-corrected chi connectivity index (χ2v) is 5.64. The van der Waals surface area contributed by atoms with E-state index >= 15 is 0 Å². The van der Waals surface area contributed by atoms with Crippen molar-refractivity contribution in [3.8, 4) is 5.75 Å². The minimum atomic E-state index is -0.279. The fourth-order valence-corrected chi connectivity index (χ4v) is 1.94. The lowest BCUT2D eigenvalue weighted by Crippen LogP contribution is -2.33. The van der Waals surface area contributed by atoms with Gasteiger partial charge in [0.05, 0.1) is 0 Å². The lowest BCUT2D eigenvalue weighted by Gasteiger charge is -2.17. The van der Waals surface area contributed by atoms with Gasteiger partial charge in [0.15, 0.2) is 0 Å². The molecule has 0 saturated carbocycles. The number of nitrogens with one attached hydrogen (secondary N) is 1. The molecule has 1 unspecified atom stereocenters. The maximum atomic E-state index is 13.7. The van der Waals surface area contributed by atoms with Crippen LogP contribution in [0.25, 0.3) is 0 Å². The number of hydrogen-bond donors (Lipinski definition) is 1. The average molecular weight is 295 g/mol. The van der Waals surface area contributed by atoms with E-state index in [1.807, 2.05) is 13.8 Å². The Morgan fingerprint density at radius 3 is 2.67 bits per heavy atom. The van der Waals surface area contributed by atoms with E-state index in [2.05, 4.69) is 19.2 Å². The standard InChI is InChI=1S/C17H26FNO2/c1-5-15(20)7-6-14-10-16(8-9-17(14)18)21-13(4)11-19-12(2)3/h8-10,12-13,19H,5-7,11H2,1-4H3. The molecule has 0 saturated heterocycles. The van der Waals surface area contributed by atoms with Crippen molar-refractivity contribution in [3.05, 3.63) is 29.6 Å². The summed E-state index contributed by atoms with van der Waals surface area (Å²) in [5.74, 6) is 0.517. The highest BCUT2D eigenvalue weighted by Gasteiger charge is 2.09. The van der Waals surface area contributed by atoms with Crippen LogP contribution in [-0.2, 0) is 11.2 Å². The number of hydrogen-bond acceptors (Lipinski definition) is 3. The van der Waals surface area contributed by atoms with Crippen LogP contribution >= 0.6 is 0 Å².